The number of hydrogen-bond donors (Lipinski definition) is 0. The van der Waals surface area contributed by atoms with E-state index in [0.717, 1.165) is 27.5 Å². The summed E-state index contributed by atoms with van der Waals surface area (Å²) in [6.45, 7) is 0. The largest absolute Gasteiger partial charge is 0.455 e. The van der Waals surface area contributed by atoms with E-state index in [1.165, 1.54) is 12.1 Å². The average Bonchev–Trinajstić information content (AvgIpc) is 3.32. The van der Waals surface area contributed by atoms with Crippen LogP contribution >= 0.6 is 0 Å². The zero-order chi connectivity index (χ0) is 19.4. The smallest absolute Gasteiger partial charge is 0.187 e. The van der Waals surface area contributed by atoms with Crippen LogP contribution in [0, 0.1) is 5.82 Å². The van der Waals surface area contributed by atoms with Crippen molar-refractivity contribution in [1.82, 2.24) is 19.7 Å². The fourth-order valence-electron chi connectivity index (χ4n) is 3.78. The summed E-state index contributed by atoms with van der Waals surface area (Å²) in [5.74, 6) is 0.363. The lowest BCUT2D eigenvalue weighted by molar-refractivity contribution is 0.618. The number of nitrogens with zero attached hydrogens (tertiary/aromatic N) is 4. The molecule has 0 radical (unpaired) electrons. The van der Waals surface area contributed by atoms with Crippen molar-refractivity contribution in [3.8, 4) is 17.1 Å². The summed E-state index contributed by atoms with van der Waals surface area (Å²) in [6, 6.07) is 22.2. The topological polar surface area (TPSA) is 56.7 Å². The Bertz CT molecular complexity index is 1520. The van der Waals surface area contributed by atoms with Gasteiger partial charge in [-0.25, -0.2) is 9.37 Å². The Morgan fingerprint density at radius 3 is 2.66 bits per heavy atom. The molecule has 0 aliphatic carbocycles. The molecule has 0 spiro atoms. The van der Waals surface area contributed by atoms with Gasteiger partial charge in [0.1, 0.15) is 22.5 Å². The van der Waals surface area contributed by atoms with Crippen molar-refractivity contribution in [2.75, 3.05) is 0 Å². The fourth-order valence-corrected chi connectivity index (χ4v) is 3.78. The van der Waals surface area contributed by atoms with Crippen LogP contribution in [-0.2, 0) is 0 Å². The molecule has 0 bridgehead atoms. The number of rotatable bonds is 2. The van der Waals surface area contributed by atoms with Gasteiger partial charge < -0.3 is 4.42 Å². The molecule has 3 aromatic carbocycles. The Hall–Kier alpha value is -4.06. The molecule has 0 saturated carbocycles. The maximum absolute atomic E-state index is 13.7. The van der Waals surface area contributed by atoms with Crippen LogP contribution in [0.4, 0.5) is 4.39 Å². The third kappa shape index (κ3) is 2.36. The minimum absolute atomic E-state index is 0.329. The molecule has 0 unspecified atom stereocenters. The number of fused-ring (bicyclic) bond motifs is 4. The van der Waals surface area contributed by atoms with Gasteiger partial charge in [0.2, 0.25) is 0 Å². The van der Waals surface area contributed by atoms with Crippen LogP contribution in [-0.4, -0.2) is 19.7 Å². The molecule has 29 heavy (non-hydrogen) atoms. The summed E-state index contributed by atoms with van der Waals surface area (Å²) in [5.41, 5.74) is 4.29. The first-order chi connectivity index (χ1) is 14.3. The van der Waals surface area contributed by atoms with Gasteiger partial charge in [0.05, 0.1) is 11.8 Å². The first-order valence-corrected chi connectivity index (χ1v) is 9.16. The SMILES string of the molecule is Fc1ccc2c(c1)oc1c(-c3nc4ccnnc4n3-c3ccccc3)cccc12. The summed E-state index contributed by atoms with van der Waals surface area (Å²) in [4.78, 5) is 4.82. The molecule has 3 aromatic heterocycles. The van der Waals surface area contributed by atoms with E-state index in [2.05, 4.69) is 10.2 Å². The molecule has 138 valence electrons. The molecule has 0 fully saturated rings. The van der Waals surface area contributed by atoms with Gasteiger partial charge in [-0.15, -0.1) is 5.10 Å². The molecule has 0 N–H and O–H groups in total. The summed E-state index contributed by atoms with van der Waals surface area (Å²) >= 11 is 0. The minimum atomic E-state index is -0.329. The van der Waals surface area contributed by atoms with Gasteiger partial charge in [-0.05, 0) is 36.4 Å². The Labute approximate surface area is 164 Å². The molecule has 0 aliphatic rings. The van der Waals surface area contributed by atoms with Gasteiger partial charge in [0.25, 0.3) is 0 Å². The van der Waals surface area contributed by atoms with Crippen molar-refractivity contribution in [3.63, 3.8) is 0 Å². The van der Waals surface area contributed by atoms with Crippen molar-refractivity contribution in [1.29, 1.82) is 0 Å². The molecular weight excluding hydrogens is 367 g/mol. The van der Waals surface area contributed by atoms with E-state index in [-0.39, 0.29) is 5.82 Å². The van der Waals surface area contributed by atoms with Gasteiger partial charge >= 0.3 is 0 Å². The predicted octanol–water partition coefficient (Wildman–Crippen LogP) is 5.52. The first-order valence-electron chi connectivity index (χ1n) is 9.16. The highest BCUT2D eigenvalue weighted by molar-refractivity contribution is 6.09. The van der Waals surface area contributed by atoms with Gasteiger partial charge in [0, 0.05) is 22.5 Å². The number of furan rings is 1. The maximum Gasteiger partial charge on any atom is 0.187 e. The van der Waals surface area contributed by atoms with Crippen LogP contribution in [0.25, 0.3) is 50.2 Å². The van der Waals surface area contributed by atoms with Crippen molar-refractivity contribution in [3.05, 3.63) is 84.8 Å². The van der Waals surface area contributed by atoms with Gasteiger partial charge in [-0.3, -0.25) is 4.57 Å². The number of benzene rings is 3. The summed E-state index contributed by atoms with van der Waals surface area (Å²) in [7, 11) is 0. The third-order valence-electron chi connectivity index (χ3n) is 5.05. The van der Waals surface area contributed by atoms with Gasteiger partial charge in [0.15, 0.2) is 11.5 Å². The van der Waals surface area contributed by atoms with E-state index in [0.29, 0.717) is 22.6 Å². The second-order valence-electron chi connectivity index (χ2n) is 6.77. The van der Waals surface area contributed by atoms with Crippen LogP contribution in [0.15, 0.2) is 83.4 Å². The Kier molecular flexibility index (Phi) is 3.28. The molecule has 0 atom stereocenters. The standard InChI is InChI=1S/C23H13FN4O/c24-14-9-10-16-17-7-4-8-18(21(17)29-20(16)13-14)22-26-19-11-12-25-27-23(19)28(22)15-5-2-1-3-6-15/h1-13H. The van der Waals surface area contributed by atoms with Crippen LogP contribution in [0.2, 0.25) is 0 Å². The van der Waals surface area contributed by atoms with Gasteiger partial charge in [-0.2, -0.15) is 5.10 Å². The third-order valence-corrected chi connectivity index (χ3v) is 5.05. The lowest BCUT2D eigenvalue weighted by atomic mass is 10.1. The lowest BCUT2D eigenvalue weighted by Crippen LogP contribution is -1.99. The molecule has 6 rings (SSSR count). The van der Waals surface area contributed by atoms with Crippen LogP contribution in [0.5, 0.6) is 0 Å². The normalized spacial score (nSPS) is 11.6. The van der Waals surface area contributed by atoms with E-state index in [9.17, 15) is 4.39 Å². The van der Waals surface area contributed by atoms with Crippen LogP contribution in [0.1, 0.15) is 0 Å². The predicted molar refractivity (Wildman–Crippen MR) is 109 cm³/mol. The highest BCUT2D eigenvalue weighted by Crippen LogP contribution is 2.37. The Morgan fingerprint density at radius 1 is 0.862 bits per heavy atom. The van der Waals surface area contributed by atoms with Crippen molar-refractivity contribution in [2.24, 2.45) is 0 Å². The number of halogens is 1. The summed E-state index contributed by atoms with van der Waals surface area (Å²) in [6.07, 6.45) is 1.62. The monoisotopic (exact) mass is 380 g/mol. The maximum atomic E-state index is 13.7. The summed E-state index contributed by atoms with van der Waals surface area (Å²) in [5, 5.41) is 10.1. The average molecular weight is 380 g/mol. The fraction of sp³-hybridized carbons (Fsp3) is 0. The first kappa shape index (κ1) is 15.9. The van der Waals surface area contributed by atoms with E-state index < -0.39 is 0 Å². The Balaban J connectivity index is 1.73. The zero-order valence-electron chi connectivity index (χ0n) is 15.1. The molecular formula is C23H13FN4O. The highest BCUT2D eigenvalue weighted by atomic mass is 19.1. The van der Waals surface area contributed by atoms with Crippen molar-refractivity contribution < 1.29 is 8.81 Å². The van der Waals surface area contributed by atoms with E-state index >= 15 is 0 Å². The molecule has 6 aromatic rings. The minimum Gasteiger partial charge on any atom is -0.455 e. The molecule has 5 nitrogen and oxygen atoms in total. The molecule has 3 heterocycles. The molecule has 0 saturated heterocycles. The number of para-hydroxylation sites is 2. The van der Waals surface area contributed by atoms with Crippen molar-refractivity contribution >= 4 is 33.1 Å². The molecule has 6 heteroatoms. The van der Waals surface area contributed by atoms with E-state index in [1.807, 2.05) is 59.2 Å². The number of imidazole rings is 1. The lowest BCUT2D eigenvalue weighted by Gasteiger charge is -2.08. The van der Waals surface area contributed by atoms with Gasteiger partial charge in [-0.1, -0.05) is 30.3 Å². The quantitative estimate of drug-likeness (QED) is 0.397. The summed E-state index contributed by atoms with van der Waals surface area (Å²) < 4.78 is 21.8. The second kappa shape index (κ2) is 5.97. The Morgan fingerprint density at radius 2 is 1.76 bits per heavy atom. The zero-order valence-corrected chi connectivity index (χ0v) is 15.1. The number of hydrogen-bond acceptors (Lipinski definition) is 4. The van der Waals surface area contributed by atoms with Crippen LogP contribution in [0.3, 0.4) is 0 Å². The van der Waals surface area contributed by atoms with Crippen molar-refractivity contribution in [2.45, 2.75) is 0 Å². The molecule has 0 amide bonds. The highest BCUT2D eigenvalue weighted by Gasteiger charge is 2.20. The van der Waals surface area contributed by atoms with Crippen LogP contribution < -0.4 is 0 Å². The molecule has 0 aliphatic heterocycles. The van der Waals surface area contributed by atoms with E-state index in [1.54, 1.807) is 12.3 Å². The second-order valence-corrected chi connectivity index (χ2v) is 6.77. The van der Waals surface area contributed by atoms with E-state index in [4.69, 9.17) is 9.40 Å². The number of aromatic nitrogens is 4.